The van der Waals surface area contributed by atoms with Crippen molar-refractivity contribution in [2.75, 3.05) is 29.3 Å². The summed E-state index contributed by atoms with van der Waals surface area (Å²) in [6.07, 6.45) is 2.04. The molecule has 0 atom stereocenters. The molecular weight excluding hydrogens is 346 g/mol. The van der Waals surface area contributed by atoms with Gasteiger partial charge in [-0.05, 0) is 48.4 Å². The molecule has 122 valence electrons. The molecular formula is C17H20ClN3S2. The quantitative estimate of drug-likeness (QED) is 0.407. The Kier molecular flexibility index (Phi) is 6.69. The fourth-order valence-electron chi connectivity index (χ4n) is 2.02. The van der Waals surface area contributed by atoms with Crippen molar-refractivity contribution in [3.8, 4) is 0 Å². The molecule has 0 aliphatic rings. The zero-order chi connectivity index (χ0) is 16.8. The Balaban J connectivity index is 2.16. The molecule has 0 spiro atoms. The van der Waals surface area contributed by atoms with E-state index in [1.807, 2.05) is 43.6 Å². The summed E-state index contributed by atoms with van der Waals surface area (Å²) in [6.45, 7) is 2.11. The second-order valence-electron chi connectivity index (χ2n) is 4.81. The highest BCUT2D eigenvalue weighted by atomic mass is 35.5. The van der Waals surface area contributed by atoms with Crippen molar-refractivity contribution in [3.05, 3.63) is 47.5 Å². The van der Waals surface area contributed by atoms with E-state index in [0.29, 0.717) is 5.02 Å². The highest BCUT2D eigenvalue weighted by Gasteiger charge is 2.10. The predicted octanol–water partition coefficient (Wildman–Crippen LogP) is 5.66. The lowest BCUT2D eigenvalue weighted by molar-refractivity contribution is 1.20. The van der Waals surface area contributed by atoms with Crippen molar-refractivity contribution in [3.63, 3.8) is 0 Å². The second kappa shape index (κ2) is 8.52. The second-order valence-corrected chi connectivity index (χ2v) is 7.43. The molecule has 2 N–H and O–H groups in total. The Morgan fingerprint density at radius 2 is 2.00 bits per heavy atom. The average molecular weight is 366 g/mol. The van der Waals surface area contributed by atoms with Gasteiger partial charge in [0, 0.05) is 22.5 Å². The third kappa shape index (κ3) is 4.83. The van der Waals surface area contributed by atoms with Gasteiger partial charge in [0.1, 0.15) is 0 Å². The molecule has 2 aromatic rings. The maximum atomic E-state index is 8.31. The van der Waals surface area contributed by atoms with Gasteiger partial charge < -0.3 is 10.2 Å². The Hall–Kier alpha value is -1.30. The number of nitrogens with zero attached hydrogens (tertiary/aromatic N) is 1. The number of nitrogens with one attached hydrogen (secondary N) is 2. The van der Waals surface area contributed by atoms with E-state index in [1.54, 1.807) is 28.4 Å². The lowest BCUT2D eigenvalue weighted by atomic mass is 10.3. The van der Waals surface area contributed by atoms with Gasteiger partial charge >= 0.3 is 0 Å². The molecule has 23 heavy (non-hydrogen) atoms. The first-order chi connectivity index (χ1) is 11.0. The number of halogens is 1. The molecule has 0 amide bonds. The lowest BCUT2D eigenvalue weighted by Gasteiger charge is -2.22. The summed E-state index contributed by atoms with van der Waals surface area (Å²) in [4.78, 5) is 4.11. The minimum absolute atomic E-state index is 0.281. The van der Waals surface area contributed by atoms with Crippen LogP contribution in [0.2, 0.25) is 5.02 Å². The summed E-state index contributed by atoms with van der Waals surface area (Å²) in [6, 6.07) is 13.9. The molecule has 0 radical (unpaired) electrons. The van der Waals surface area contributed by atoms with Crippen LogP contribution in [-0.2, 0) is 0 Å². The fourth-order valence-corrected chi connectivity index (χ4v) is 3.33. The maximum absolute atomic E-state index is 8.31. The molecule has 0 unspecified atom stereocenters. The van der Waals surface area contributed by atoms with Crippen molar-refractivity contribution in [2.45, 2.75) is 16.7 Å². The molecule has 2 aromatic carbocycles. The molecule has 0 bridgehead atoms. The number of rotatable bonds is 5. The molecule has 0 heterocycles. The van der Waals surface area contributed by atoms with Gasteiger partial charge in [-0.15, -0.1) is 23.5 Å². The zero-order valence-corrected chi connectivity index (χ0v) is 15.8. The standard InChI is InChI=1S/C17H20ClN3S2/c1-4-23-14-8-9-15(18)16(11-14)20-17(19)21(2)12-6-5-7-13(10-12)22-3/h5-11H,4H2,1-3H3,(H2,19,20). The van der Waals surface area contributed by atoms with Crippen LogP contribution in [0.15, 0.2) is 52.3 Å². The van der Waals surface area contributed by atoms with Gasteiger partial charge in [0.25, 0.3) is 0 Å². The Bertz CT molecular complexity index is 691. The normalized spacial score (nSPS) is 10.4. The molecule has 0 aliphatic carbocycles. The van der Waals surface area contributed by atoms with Gasteiger partial charge in [-0.1, -0.05) is 24.6 Å². The molecule has 2 rings (SSSR count). The van der Waals surface area contributed by atoms with Crippen LogP contribution < -0.4 is 10.2 Å². The van der Waals surface area contributed by atoms with Crippen molar-refractivity contribution in [1.29, 1.82) is 5.41 Å². The summed E-state index contributed by atoms with van der Waals surface area (Å²) < 4.78 is 0. The Morgan fingerprint density at radius 1 is 1.22 bits per heavy atom. The van der Waals surface area contributed by atoms with Gasteiger partial charge in [0.2, 0.25) is 0 Å². The van der Waals surface area contributed by atoms with Crippen molar-refractivity contribution < 1.29 is 0 Å². The fraction of sp³-hybridized carbons (Fsp3) is 0.235. The van der Waals surface area contributed by atoms with Crippen molar-refractivity contribution >= 4 is 52.5 Å². The lowest BCUT2D eigenvalue weighted by Crippen LogP contribution is -2.32. The topological polar surface area (TPSA) is 39.1 Å². The molecule has 3 nitrogen and oxygen atoms in total. The summed E-state index contributed by atoms with van der Waals surface area (Å²) >= 11 is 9.68. The monoisotopic (exact) mass is 365 g/mol. The third-order valence-electron chi connectivity index (χ3n) is 3.28. The van der Waals surface area contributed by atoms with Crippen LogP contribution in [0, 0.1) is 5.41 Å². The van der Waals surface area contributed by atoms with Crippen molar-refractivity contribution in [2.24, 2.45) is 0 Å². The number of thioether (sulfide) groups is 2. The minimum Gasteiger partial charge on any atom is -0.325 e. The van der Waals surface area contributed by atoms with E-state index in [-0.39, 0.29) is 5.96 Å². The van der Waals surface area contributed by atoms with Crippen LogP contribution in [0.1, 0.15) is 6.92 Å². The minimum atomic E-state index is 0.281. The SMILES string of the molecule is CCSc1ccc(Cl)c(NC(=N)N(C)c2cccc(SC)c2)c1. The van der Waals surface area contributed by atoms with Gasteiger partial charge in [0.05, 0.1) is 10.7 Å². The van der Waals surface area contributed by atoms with E-state index in [1.165, 1.54) is 4.90 Å². The van der Waals surface area contributed by atoms with Crippen LogP contribution in [-0.4, -0.2) is 25.0 Å². The smallest absolute Gasteiger partial charge is 0.199 e. The molecule has 0 saturated heterocycles. The molecule has 0 aliphatic heterocycles. The highest BCUT2D eigenvalue weighted by Crippen LogP contribution is 2.29. The van der Waals surface area contributed by atoms with E-state index in [9.17, 15) is 0 Å². The predicted molar refractivity (Wildman–Crippen MR) is 106 cm³/mol. The van der Waals surface area contributed by atoms with E-state index < -0.39 is 0 Å². The molecule has 0 saturated carbocycles. The van der Waals surface area contributed by atoms with Gasteiger partial charge in [0.15, 0.2) is 5.96 Å². The number of guanidine groups is 1. The van der Waals surface area contributed by atoms with Crippen LogP contribution in [0.4, 0.5) is 11.4 Å². The van der Waals surface area contributed by atoms with Crippen molar-refractivity contribution in [1.82, 2.24) is 0 Å². The van der Waals surface area contributed by atoms with Crippen LogP contribution >= 0.6 is 35.1 Å². The van der Waals surface area contributed by atoms with Gasteiger partial charge in [-0.2, -0.15) is 0 Å². The maximum Gasteiger partial charge on any atom is 0.199 e. The molecule has 6 heteroatoms. The highest BCUT2D eigenvalue weighted by molar-refractivity contribution is 7.99. The average Bonchev–Trinajstić information content (AvgIpc) is 2.57. The van der Waals surface area contributed by atoms with E-state index in [4.69, 9.17) is 17.0 Å². The zero-order valence-electron chi connectivity index (χ0n) is 13.4. The van der Waals surface area contributed by atoms with E-state index in [2.05, 4.69) is 24.4 Å². The van der Waals surface area contributed by atoms with Gasteiger partial charge in [-0.25, -0.2) is 0 Å². The van der Waals surface area contributed by atoms with Gasteiger partial charge in [-0.3, -0.25) is 5.41 Å². The number of anilines is 2. The summed E-state index contributed by atoms with van der Waals surface area (Å²) in [5.74, 6) is 1.28. The Morgan fingerprint density at radius 3 is 2.70 bits per heavy atom. The first-order valence-electron chi connectivity index (χ1n) is 7.21. The first-order valence-corrected chi connectivity index (χ1v) is 9.79. The molecule has 0 aromatic heterocycles. The largest absolute Gasteiger partial charge is 0.325 e. The van der Waals surface area contributed by atoms with E-state index >= 15 is 0 Å². The number of hydrogen-bond acceptors (Lipinski definition) is 3. The summed E-state index contributed by atoms with van der Waals surface area (Å²) in [5, 5.41) is 12.0. The summed E-state index contributed by atoms with van der Waals surface area (Å²) in [5.41, 5.74) is 1.72. The van der Waals surface area contributed by atoms with Crippen LogP contribution in [0.3, 0.4) is 0 Å². The van der Waals surface area contributed by atoms with Crippen LogP contribution in [0.5, 0.6) is 0 Å². The number of benzene rings is 2. The summed E-state index contributed by atoms with van der Waals surface area (Å²) in [7, 11) is 1.87. The van der Waals surface area contributed by atoms with Crippen LogP contribution in [0.25, 0.3) is 0 Å². The first kappa shape index (κ1) is 18.0. The number of hydrogen-bond donors (Lipinski definition) is 2. The molecule has 0 fully saturated rings. The third-order valence-corrected chi connectivity index (χ3v) is 5.21. The van der Waals surface area contributed by atoms with E-state index in [0.717, 1.165) is 22.0 Å². The Labute approximate surface area is 151 Å².